The average molecular weight is 212 g/mol. The van der Waals surface area contributed by atoms with Crippen LogP contribution in [0.15, 0.2) is 18.2 Å². The minimum absolute atomic E-state index is 0.0988. The lowest BCUT2D eigenvalue weighted by Crippen LogP contribution is -2.19. The summed E-state index contributed by atoms with van der Waals surface area (Å²) in [5.41, 5.74) is 0.595. The van der Waals surface area contributed by atoms with Gasteiger partial charge in [-0.1, -0.05) is 0 Å². The van der Waals surface area contributed by atoms with Gasteiger partial charge in [0.1, 0.15) is 17.7 Å². The summed E-state index contributed by atoms with van der Waals surface area (Å²) in [6, 6.07) is 3.89. The van der Waals surface area contributed by atoms with Gasteiger partial charge in [0.05, 0.1) is 6.61 Å². The minimum atomic E-state index is -0.646. The molecule has 1 heterocycles. The quantitative estimate of drug-likeness (QED) is 0.776. The third kappa shape index (κ3) is 2.27. The Morgan fingerprint density at radius 2 is 2.13 bits per heavy atom. The van der Waals surface area contributed by atoms with Crippen LogP contribution in [0, 0.1) is 5.82 Å². The third-order valence-corrected chi connectivity index (χ3v) is 2.29. The minimum Gasteiger partial charge on any atom is -0.508 e. The first-order valence-electron chi connectivity index (χ1n) is 4.77. The van der Waals surface area contributed by atoms with E-state index >= 15 is 0 Å². The molecule has 0 aromatic heterocycles. The van der Waals surface area contributed by atoms with Gasteiger partial charge in [-0.05, 0) is 31.5 Å². The Labute approximate surface area is 87.4 Å². The maximum atomic E-state index is 13.0. The monoisotopic (exact) mass is 212 g/mol. The molecule has 1 unspecified atom stereocenters. The Hall–Kier alpha value is -1.13. The molecule has 1 atom stereocenters. The second-order valence-electron chi connectivity index (χ2n) is 4.06. The number of halogens is 1. The fourth-order valence-corrected chi connectivity index (χ4v) is 1.63. The molecule has 2 rings (SSSR count). The van der Waals surface area contributed by atoms with E-state index in [2.05, 4.69) is 0 Å². The molecule has 1 fully saturated rings. The molecule has 0 saturated carbocycles. The smallest absolute Gasteiger partial charge is 0.163 e. The molecule has 1 aromatic carbocycles. The van der Waals surface area contributed by atoms with Crippen LogP contribution in [0.3, 0.4) is 0 Å². The summed E-state index contributed by atoms with van der Waals surface area (Å²) in [6.07, 6.45) is -0.318. The van der Waals surface area contributed by atoms with E-state index in [9.17, 15) is 9.50 Å². The Morgan fingerprint density at radius 1 is 1.40 bits per heavy atom. The summed E-state index contributed by atoms with van der Waals surface area (Å²) in [5, 5.41) is 9.25. The summed E-state index contributed by atoms with van der Waals surface area (Å²) in [6.45, 7) is 3.97. The van der Waals surface area contributed by atoms with Gasteiger partial charge >= 0.3 is 0 Å². The lowest BCUT2D eigenvalue weighted by Gasteiger charge is -2.17. The number of phenolic OH excluding ortho intramolecular Hbond substituents is 1. The zero-order valence-corrected chi connectivity index (χ0v) is 8.66. The Bertz CT molecular complexity index is 356. The molecule has 0 spiro atoms. The largest absolute Gasteiger partial charge is 0.508 e. The number of hydrogen-bond donors (Lipinski definition) is 1. The lowest BCUT2D eigenvalue weighted by atomic mass is 10.1. The fourth-order valence-electron chi connectivity index (χ4n) is 1.63. The molecule has 0 aliphatic carbocycles. The Balaban J connectivity index is 2.24. The molecule has 82 valence electrons. The van der Waals surface area contributed by atoms with E-state index in [4.69, 9.17) is 9.47 Å². The summed E-state index contributed by atoms with van der Waals surface area (Å²) in [7, 11) is 0. The van der Waals surface area contributed by atoms with E-state index < -0.39 is 11.6 Å². The first-order valence-corrected chi connectivity index (χ1v) is 4.77. The van der Waals surface area contributed by atoms with Crippen LogP contribution < -0.4 is 0 Å². The molecule has 1 aromatic rings. The normalized spacial score (nSPS) is 24.3. The van der Waals surface area contributed by atoms with Crippen LogP contribution in [0.5, 0.6) is 5.75 Å². The van der Waals surface area contributed by atoms with Gasteiger partial charge in [0.15, 0.2) is 5.79 Å². The summed E-state index contributed by atoms with van der Waals surface area (Å²) in [4.78, 5) is 0. The molecule has 0 amide bonds. The van der Waals surface area contributed by atoms with Crippen molar-refractivity contribution in [1.82, 2.24) is 0 Å². The van der Waals surface area contributed by atoms with Gasteiger partial charge in [0, 0.05) is 6.07 Å². The summed E-state index contributed by atoms with van der Waals surface area (Å²) >= 11 is 0. The van der Waals surface area contributed by atoms with Crippen LogP contribution in [0.2, 0.25) is 0 Å². The van der Waals surface area contributed by atoms with E-state index in [-0.39, 0.29) is 11.9 Å². The van der Waals surface area contributed by atoms with Crippen molar-refractivity contribution in [3.05, 3.63) is 29.6 Å². The van der Waals surface area contributed by atoms with Crippen molar-refractivity contribution in [1.29, 1.82) is 0 Å². The second kappa shape index (κ2) is 3.47. The predicted molar refractivity (Wildman–Crippen MR) is 51.9 cm³/mol. The highest BCUT2D eigenvalue weighted by Crippen LogP contribution is 2.34. The van der Waals surface area contributed by atoms with Gasteiger partial charge in [-0.3, -0.25) is 0 Å². The molecule has 1 aliphatic heterocycles. The van der Waals surface area contributed by atoms with Gasteiger partial charge < -0.3 is 14.6 Å². The van der Waals surface area contributed by atoms with Gasteiger partial charge in [-0.15, -0.1) is 0 Å². The fraction of sp³-hybridized carbons (Fsp3) is 0.455. The van der Waals surface area contributed by atoms with Gasteiger partial charge in [0.2, 0.25) is 0 Å². The number of phenols is 1. The van der Waals surface area contributed by atoms with Crippen LogP contribution >= 0.6 is 0 Å². The van der Waals surface area contributed by atoms with Crippen molar-refractivity contribution in [2.45, 2.75) is 25.7 Å². The molecule has 15 heavy (non-hydrogen) atoms. The van der Waals surface area contributed by atoms with Crippen molar-refractivity contribution in [3.63, 3.8) is 0 Å². The molecular formula is C11H13FO3. The Kier molecular flexibility index (Phi) is 2.40. The molecule has 0 bridgehead atoms. The summed E-state index contributed by atoms with van der Waals surface area (Å²) < 4.78 is 23.9. The SMILES string of the molecule is CC1(C)OCC(c2cc(O)cc(F)c2)O1. The number of rotatable bonds is 1. The third-order valence-electron chi connectivity index (χ3n) is 2.29. The number of benzene rings is 1. The van der Waals surface area contributed by atoms with E-state index in [1.807, 2.05) is 0 Å². The van der Waals surface area contributed by atoms with E-state index in [0.717, 1.165) is 6.07 Å². The van der Waals surface area contributed by atoms with Crippen molar-refractivity contribution in [2.75, 3.05) is 6.61 Å². The van der Waals surface area contributed by atoms with E-state index in [1.54, 1.807) is 13.8 Å². The highest BCUT2D eigenvalue weighted by molar-refractivity contribution is 5.30. The molecular weight excluding hydrogens is 199 g/mol. The predicted octanol–water partition coefficient (Wildman–Crippen LogP) is 2.36. The molecule has 1 saturated heterocycles. The molecule has 1 N–H and O–H groups in total. The van der Waals surface area contributed by atoms with Gasteiger partial charge in [-0.2, -0.15) is 0 Å². The van der Waals surface area contributed by atoms with Gasteiger partial charge in [0.25, 0.3) is 0 Å². The van der Waals surface area contributed by atoms with Crippen molar-refractivity contribution in [3.8, 4) is 5.75 Å². The number of aromatic hydroxyl groups is 1. The van der Waals surface area contributed by atoms with E-state index in [1.165, 1.54) is 12.1 Å². The first kappa shape index (κ1) is 10.4. The van der Waals surface area contributed by atoms with Crippen LogP contribution in [0.4, 0.5) is 4.39 Å². The molecule has 3 nitrogen and oxygen atoms in total. The first-order chi connectivity index (χ1) is 6.96. The average Bonchev–Trinajstić information content (AvgIpc) is 2.44. The second-order valence-corrected chi connectivity index (χ2v) is 4.06. The Morgan fingerprint density at radius 3 is 2.67 bits per heavy atom. The lowest BCUT2D eigenvalue weighted by molar-refractivity contribution is -0.139. The standard InChI is InChI=1S/C11H13FO3/c1-11(2)14-6-10(15-11)7-3-8(12)5-9(13)4-7/h3-5,10,13H,6H2,1-2H3. The maximum Gasteiger partial charge on any atom is 0.163 e. The van der Waals surface area contributed by atoms with Crippen molar-refractivity contribution in [2.24, 2.45) is 0 Å². The zero-order chi connectivity index (χ0) is 11.1. The maximum absolute atomic E-state index is 13.0. The number of ether oxygens (including phenoxy) is 2. The topological polar surface area (TPSA) is 38.7 Å². The van der Waals surface area contributed by atoms with Crippen LogP contribution in [-0.2, 0) is 9.47 Å². The van der Waals surface area contributed by atoms with Crippen LogP contribution in [-0.4, -0.2) is 17.5 Å². The zero-order valence-electron chi connectivity index (χ0n) is 8.66. The van der Waals surface area contributed by atoms with Crippen molar-refractivity contribution < 1.29 is 19.0 Å². The van der Waals surface area contributed by atoms with Crippen LogP contribution in [0.25, 0.3) is 0 Å². The molecule has 4 heteroatoms. The molecule has 1 aliphatic rings. The van der Waals surface area contributed by atoms with Crippen molar-refractivity contribution >= 4 is 0 Å². The summed E-state index contributed by atoms with van der Waals surface area (Å²) in [5.74, 6) is -1.22. The van der Waals surface area contributed by atoms with Crippen LogP contribution in [0.1, 0.15) is 25.5 Å². The van der Waals surface area contributed by atoms with Gasteiger partial charge in [-0.25, -0.2) is 4.39 Å². The number of hydrogen-bond acceptors (Lipinski definition) is 3. The highest BCUT2D eigenvalue weighted by atomic mass is 19.1. The highest BCUT2D eigenvalue weighted by Gasteiger charge is 2.33. The van der Waals surface area contributed by atoms with E-state index in [0.29, 0.717) is 12.2 Å². The molecule has 0 radical (unpaired) electrons.